The number of benzene rings is 1. The Balaban J connectivity index is 1.37. The third-order valence-electron chi connectivity index (χ3n) is 5.76. The van der Waals surface area contributed by atoms with E-state index < -0.39 is 0 Å². The van der Waals surface area contributed by atoms with E-state index in [1.54, 1.807) is 11.3 Å². The van der Waals surface area contributed by atoms with Gasteiger partial charge in [-0.2, -0.15) is 15.0 Å². The molecule has 5 rings (SSSR count). The van der Waals surface area contributed by atoms with Crippen LogP contribution in [-0.4, -0.2) is 33.0 Å². The molecule has 3 aromatic rings. The van der Waals surface area contributed by atoms with Crippen molar-refractivity contribution in [2.45, 2.75) is 32.1 Å². The van der Waals surface area contributed by atoms with Gasteiger partial charge in [-0.25, -0.2) is 4.98 Å². The van der Waals surface area contributed by atoms with E-state index >= 15 is 0 Å². The number of nitrogens with zero attached hydrogens (tertiary/aromatic N) is 5. The van der Waals surface area contributed by atoms with Gasteiger partial charge in [0.15, 0.2) is 0 Å². The van der Waals surface area contributed by atoms with Crippen molar-refractivity contribution < 1.29 is 0 Å². The zero-order valence-corrected chi connectivity index (χ0v) is 16.5. The molecule has 2 fully saturated rings. The van der Waals surface area contributed by atoms with Gasteiger partial charge in [0.05, 0.1) is 15.7 Å². The molecule has 140 valence electrons. The van der Waals surface area contributed by atoms with Gasteiger partial charge in [-0.15, -0.1) is 11.3 Å². The van der Waals surface area contributed by atoms with Crippen molar-refractivity contribution in [2.24, 2.45) is 11.8 Å². The number of aromatic nitrogens is 4. The summed E-state index contributed by atoms with van der Waals surface area (Å²) in [5.41, 5.74) is 3.77. The van der Waals surface area contributed by atoms with Gasteiger partial charge in [-0.1, -0.05) is 19.3 Å². The van der Waals surface area contributed by atoms with Crippen LogP contribution in [0.4, 0.5) is 17.6 Å². The maximum atomic E-state index is 6.21. The Morgan fingerprint density at radius 2 is 1.96 bits per heavy atom. The molecule has 2 atom stereocenters. The minimum Gasteiger partial charge on any atom is -0.340 e. The van der Waals surface area contributed by atoms with Crippen molar-refractivity contribution >= 4 is 50.7 Å². The summed E-state index contributed by atoms with van der Waals surface area (Å²) < 4.78 is 1.12. The zero-order valence-electron chi connectivity index (χ0n) is 14.9. The average Bonchev–Trinajstić information content (AvgIpc) is 3.15. The van der Waals surface area contributed by atoms with Gasteiger partial charge in [-0.3, -0.25) is 0 Å². The molecule has 2 aliphatic rings. The second-order valence-electron chi connectivity index (χ2n) is 7.43. The summed E-state index contributed by atoms with van der Waals surface area (Å²) in [5, 5.41) is 3.50. The monoisotopic (exact) mass is 400 g/mol. The summed E-state index contributed by atoms with van der Waals surface area (Å²) in [6.07, 6.45) is 6.65. The first-order valence-electron chi connectivity index (χ1n) is 9.51. The second kappa shape index (κ2) is 7.20. The van der Waals surface area contributed by atoms with E-state index in [0.717, 1.165) is 40.8 Å². The highest BCUT2D eigenvalue weighted by atomic mass is 35.5. The summed E-state index contributed by atoms with van der Waals surface area (Å²) in [7, 11) is 0. The molecular formula is C19H21ClN6S. The van der Waals surface area contributed by atoms with Crippen LogP contribution in [0.3, 0.4) is 0 Å². The van der Waals surface area contributed by atoms with Gasteiger partial charge in [-0.05, 0) is 54.5 Å². The predicted octanol–water partition coefficient (Wildman–Crippen LogP) is 4.89. The number of hydrogen-bond acceptors (Lipinski definition) is 7. The molecule has 0 radical (unpaired) electrons. The molecule has 27 heavy (non-hydrogen) atoms. The van der Waals surface area contributed by atoms with E-state index in [4.69, 9.17) is 11.6 Å². The lowest BCUT2D eigenvalue weighted by Gasteiger charge is -2.41. The fourth-order valence-electron chi connectivity index (χ4n) is 4.38. The van der Waals surface area contributed by atoms with Crippen molar-refractivity contribution in [3.05, 3.63) is 29.0 Å². The number of nitrogens with one attached hydrogen (secondary N) is 1. The molecule has 1 N–H and O–H groups in total. The minimum absolute atomic E-state index is 0.229. The molecule has 2 aromatic heterocycles. The Morgan fingerprint density at radius 3 is 2.89 bits per heavy atom. The van der Waals surface area contributed by atoms with Crippen molar-refractivity contribution in [2.75, 3.05) is 23.3 Å². The molecule has 2 unspecified atom stereocenters. The maximum Gasteiger partial charge on any atom is 0.233 e. The Morgan fingerprint density at radius 1 is 1.07 bits per heavy atom. The second-order valence-corrected chi connectivity index (χ2v) is 8.65. The molecule has 1 aliphatic heterocycles. The van der Waals surface area contributed by atoms with E-state index in [-0.39, 0.29) is 5.28 Å². The van der Waals surface area contributed by atoms with Gasteiger partial charge < -0.3 is 10.2 Å². The van der Waals surface area contributed by atoms with Crippen LogP contribution in [0.5, 0.6) is 0 Å². The lowest BCUT2D eigenvalue weighted by molar-refractivity contribution is 0.201. The van der Waals surface area contributed by atoms with Crippen LogP contribution >= 0.6 is 22.9 Å². The molecule has 6 nitrogen and oxygen atoms in total. The third-order valence-corrected chi connectivity index (χ3v) is 6.72. The lowest BCUT2D eigenvalue weighted by Crippen LogP contribution is -2.42. The third kappa shape index (κ3) is 3.58. The first kappa shape index (κ1) is 17.1. The molecule has 3 heterocycles. The number of halogens is 1. The quantitative estimate of drug-likeness (QED) is 0.674. The molecule has 0 spiro atoms. The van der Waals surface area contributed by atoms with E-state index in [0.29, 0.717) is 11.9 Å². The van der Waals surface area contributed by atoms with E-state index in [9.17, 15) is 0 Å². The topological polar surface area (TPSA) is 66.8 Å². The Kier molecular flexibility index (Phi) is 4.57. The molecule has 0 amide bonds. The highest BCUT2D eigenvalue weighted by Crippen LogP contribution is 2.37. The summed E-state index contributed by atoms with van der Waals surface area (Å²) in [6, 6.07) is 6.02. The predicted molar refractivity (Wildman–Crippen MR) is 110 cm³/mol. The largest absolute Gasteiger partial charge is 0.340 e. The van der Waals surface area contributed by atoms with Gasteiger partial charge in [0, 0.05) is 18.8 Å². The fraction of sp³-hybridized carbons (Fsp3) is 0.474. The number of thiazole rings is 1. The zero-order chi connectivity index (χ0) is 18.2. The van der Waals surface area contributed by atoms with Crippen LogP contribution in [0.1, 0.15) is 32.1 Å². The van der Waals surface area contributed by atoms with Gasteiger partial charge >= 0.3 is 0 Å². The molecule has 8 heteroatoms. The number of hydrogen-bond donors (Lipinski definition) is 1. The van der Waals surface area contributed by atoms with E-state index in [1.165, 1.54) is 32.1 Å². The summed E-state index contributed by atoms with van der Waals surface area (Å²) in [6.45, 7) is 2.02. The summed E-state index contributed by atoms with van der Waals surface area (Å²) in [4.78, 5) is 19.9. The summed E-state index contributed by atoms with van der Waals surface area (Å²) in [5.74, 6) is 2.80. The number of fused-ring (bicyclic) bond motifs is 2. The van der Waals surface area contributed by atoms with E-state index in [1.807, 2.05) is 17.6 Å². The van der Waals surface area contributed by atoms with Crippen LogP contribution in [0.15, 0.2) is 23.7 Å². The lowest BCUT2D eigenvalue weighted by atomic mass is 9.75. The summed E-state index contributed by atoms with van der Waals surface area (Å²) >= 11 is 7.83. The van der Waals surface area contributed by atoms with Crippen LogP contribution in [0.2, 0.25) is 5.28 Å². The van der Waals surface area contributed by atoms with Crippen molar-refractivity contribution in [1.82, 2.24) is 19.9 Å². The van der Waals surface area contributed by atoms with Crippen molar-refractivity contribution in [1.29, 1.82) is 0 Å². The Labute approximate surface area is 167 Å². The molecule has 1 aromatic carbocycles. The smallest absolute Gasteiger partial charge is 0.233 e. The normalized spacial score (nSPS) is 22.6. The highest BCUT2D eigenvalue weighted by molar-refractivity contribution is 7.16. The Hall–Kier alpha value is -1.99. The SMILES string of the molecule is Clc1nc(Nc2ccc3ncsc3c2)nc(N2CCC3CCCCC3C2)n1. The van der Waals surface area contributed by atoms with Crippen molar-refractivity contribution in [3.8, 4) is 0 Å². The maximum absolute atomic E-state index is 6.21. The molecule has 0 bridgehead atoms. The first-order chi connectivity index (χ1) is 13.2. The van der Waals surface area contributed by atoms with Crippen LogP contribution in [0, 0.1) is 11.8 Å². The molecule has 1 saturated heterocycles. The first-order valence-corrected chi connectivity index (χ1v) is 10.8. The van der Waals surface area contributed by atoms with Crippen LogP contribution in [0.25, 0.3) is 10.2 Å². The minimum atomic E-state index is 0.229. The molecule has 1 saturated carbocycles. The van der Waals surface area contributed by atoms with Gasteiger partial charge in [0.25, 0.3) is 0 Å². The molecular weight excluding hydrogens is 380 g/mol. The number of anilines is 3. The average molecular weight is 401 g/mol. The Bertz CT molecular complexity index is 960. The van der Waals surface area contributed by atoms with Gasteiger partial charge in [0.1, 0.15) is 0 Å². The van der Waals surface area contributed by atoms with Gasteiger partial charge in [0.2, 0.25) is 17.2 Å². The number of piperidine rings is 1. The fourth-order valence-corrected chi connectivity index (χ4v) is 5.25. The number of rotatable bonds is 3. The standard InChI is InChI=1S/C19H21ClN6S/c20-17-23-18(22-14-5-6-15-16(9-14)27-11-21-15)25-19(24-17)26-8-7-12-3-1-2-4-13(12)10-26/h5-6,9,11-13H,1-4,7-8,10H2,(H,22,23,24,25). The van der Waals surface area contributed by atoms with E-state index in [2.05, 4.69) is 36.2 Å². The molecule has 1 aliphatic carbocycles. The van der Waals surface area contributed by atoms with Crippen LogP contribution < -0.4 is 10.2 Å². The van der Waals surface area contributed by atoms with Crippen molar-refractivity contribution in [3.63, 3.8) is 0 Å². The highest BCUT2D eigenvalue weighted by Gasteiger charge is 2.32. The van der Waals surface area contributed by atoms with Crippen LogP contribution in [-0.2, 0) is 0 Å².